The van der Waals surface area contributed by atoms with Crippen molar-refractivity contribution in [3.8, 4) is 23.0 Å². The third-order valence-electron chi connectivity index (χ3n) is 6.51. The highest BCUT2D eigenvalue weighted by molar-refractivity contribution is 5.53. The fourth-order valence-corrected chi connectivity index (χ4v) is 4.33. The summed E-state index contributed by atoms with van der Waals surface area (Å²) >= 11 is 0. The number of phenols is 2. The highest BCUT2D eigenvalue weighted by Gasteiger charge is 2.31. The molecule has 3 aromatic carbocycles. The molecule has 0 fully saturated rings. The van der Waals surface area contributed by atoms with Crippen LogP contribution in [0.4, 0.5) is 0 Å². The Balaban J connectivity index is 2.06. The quantitative estimate of drug-likeness (QED) is 0.331. The van der Waals surface area contributed by atoms with E-state index < -0.39 is 0 Å². The van der Waals surface area contributed by atoms with Crippen LogP contribution in [0.25, 0.3) is 0 Å². The second kappa shape index (κ2) is 10.4. The number of rotatable bonds is 10. The molecule has 34 heavy (non-hydrogen) atoms. The summed E-state index contributed by atoms with van der Waals surface area (Å²) < 4.78 is 12.0. The van der Waals surface area contributed by atoms with E-state index in [-0.39, 0.29) is 22.3 Å². The maximum atomic E-state index is 10.0. The molecular formula is C30H38O4. The van der Waals surface area contributed by atoms with Crippen molar-refractivity contribution in [1.29, 1.82) is 0 Å². The Hall–Kier alpha value is -3.14. The zero-order valence-electron chi connectivity index (χ0n) is 21.3. The second-order valence-corrected chi connectivity index (χ2v) is 9.89. The van der Waals surface area contributed by atoms with Crippen molar-refractivity contribution >= 4 is 0 Å². The summed E-state index contributed by atoms with van der Waals surface area (Å²) in [4.78, 5) is 0. The van der Waals surface area contributed by atoms with Crippen molar-refractivity contribution in [2.24, 2.45) is 0 Å². The number of hydrogen-bond donors (Lipinski definition) is 2. The molecule has 0 bridgehead atoms. The van der Waals surface area contributed by atoms with Crippen LogP contribution in [0.5, 0.6) is 23.0 Å². The molecule has 182 valence electrons. The van der Waals surface area contributed by atoms with Crippen LogP contribution in [0.2, 0.25) is 0 Å². The van der Waals surface area contributed by atoms with E-state index in [2.05, 4.69) is 65.8 Å². The van der Waals surface area contributed by atoms with Crippen LogP contribution in [-0.2, 0) is 10.8 Å². The Kier molecular flexibility index (Phi) is 7.81. The topological polar surface area (TPSA) is 58.9 Å². The fraction of sp³-hybridized carbons (Fsp3) is 0.400. The van der Waals surface area contributed by atoms with Gasteiger partial charge in [0.25, 0.3) is 0 Å². The zero-order chi connectivity index (χ0) is 24.9. The molecule has 0 unspecified atom stereocenters. The average Bonchev–Trinajstić information content (AvgIpc) is 2.81. The maximum absolute atomic E-state index is 10.0. The van der Waals surface area contributed by atoms with E-state index in [1.54, 1.807) is 24.3 Å². The lowest BCUT2D eigenvalue weighted by molar-refractivity contribution is 0.307. The van der Waals surface area contributed by atoms with Gasteiger partial charge in [-0.05, 0) is 36.1 Å². The molecule has 0 saturated carbocycles. The van der Waals surface area contributed by atoms with Gasteiger partial charge in [-0.1, -0.05) is 77.9 Å². The first-order chi connectivity index (χ1) is 16.1. The standard InChI is InChI=1S/C30H38O4/c1-7-16-33-27-19-23(31)12-14-25(27)29(3,4)21-10-9-11-22(18-21)30(5,6)26-15-13-24(32)20-28(26)34-17-8-2/h9-15,18-20,31-32H,7-8,16-17H2,1-6H3. The highest BCUT2D eigenvalue weighted by Crippen LogP contribution is 2.43. The fourth-order valence-electron chi connectivity index (χ4n) is 4.33. The molecule has 4 nitrogen and oxygen atoms in total. The van der Waals surface area contributed by atoms with Crippen LogP contribution in [-0.4, -0.2) is 23.4 Å². The largest absolute Gasteiger partial charge is 0.508 e. The Morgan fingerprint density at radius 3 is 1.41 bits per heavy atom. The van der Waals surface area contributed by atoms with Crippen LogP contribution >= 0.6 is 0 Å². The molecule has 0 saturated heterocycles. The first kappa shape index (κ1) is 25.5. The smallest absolute Gasteiger partial charge is 0.127 e. The van der Waals surface area contributed by atoms with Gasteiger partial charge in [0.15, 0.2) is 0 Å². The minimum atomic E-state index is -0.348. The van der Waals surface area contributed by atoms with Crippen molar-refractivity contribution in [3.05, 3.63) is 82.9 Å². The van der Waals surface area contributed by atoms with Gasteiger partial charge in [0.05, 0.1) is 13.2 Å². The van der Waals surface area contributed by atoms with E-state index in [4.69, 9.17) is 9.47 Å². The van der Waals surface area contributed by atoms with E-state index in [9.17, 15) is 10.2 Å². The van der Waals surface area contributed by atoms with Gasteiger partial charge in [-0.2, -0.15) is 0 Å². The number of aromatic hydroxyl groups is 2. The minimum Gasteiger partial charge on any atom is -0.508 e. The molecular weight excluding hydrogens is 424 g/mol. The summed E-state index contributed by atoms with van der Waals surface area (Å²) in [5.74, 6) is 1.83. The molecule has 0 aliphatic rings. The second-order valence-electron chi connectivity index (χ2n) is 9.89. The number of hydrogen-bond acceptors (Lipinski definition) is 4. The molecule has 0 radical (unpaired) electrons. The van der Waals surface area contributed by atoms with Gasteiger partial charge in [-0.3, -0.25) is 0 Å². The van der Waals surface area contributed by atoms with Crippen molar-refractivity contribution in [1.82, 2.24) is 0 Å². The molecule has 3 rings (SSSR count). The van der Waals surface area contributed by atoms with E-state index >= 15 is 0 Å². The third kappa shape index (κ3) is 5.32. The van der Waals surface area contributed by atoms with Crippen LogP contribution in [0, 0.1) is 0 Å². The molecule has 0 aliphatic heterocycles. The van der Waals surface area contributed by atoms with Gasteiger partial charge in [0, 0.05) is 34.1 Å². The highest BCUT2D eigenvalue weighted by atomic mass is 16.5. The predicted molar refractivity (Wildman–Crippen MR) is 138 cm³/mol. The maximum Gasteiger partial charge on any atom is 0.127 e. The number of ether oxygens (including phenoxy) is 2. The summed E-state index contributed by atoms with van der Waals surface area (Å²) in [6, 6.07) is 19.4. The van der Waals surface area contributed by atoms with E-state index in [0.717, 1.165) is 35.1 Å². The Bertz CT molecular complexity index is 1030. The van der Waals surface area contributed by atoms with E-state index in [0.29, 0.717) is 24.7 Å². The van der Waals surface area contributed by atoms with Gasteiger partial charge in [0.2, 0.25) is 0 Å². The molecule has 0 amide bonds. The van der Waals surface area contributed by atoms with Crippen LogP contribution in [0.3, 0.4) is 0 Å². The van der Waals surface area contributed by atoms with Crippen LogP contribution in [0.1, 0.15) is 76.6 Å². The summed E-state index contributed by atoms with van der Waals surface area (Å²) in [7, 11) is 0. The molecule has 0 heterocycles. The Labute approximate surface area is 204 Å². The van der Waals surface area contributed by atoms with Crippen LogP contribution < -0.4 is 9.47 Å². The van der Waals surface area contributed by atoms with Crippen molar-refractivity contribution in [2.75, 3.05) is 13.2 Å². The zero-order valence-corrected chi connectivity index (χ0v) is 21.3. The van der Waals surface area contributed by atoms with Crippen molar-refractivity contribution in [3.63, 3.8) is 0 Å². The normalized spacial score (nSPS) is 11.9. The van der Waals surface area contributed by atoms with Crippen molar-refractivity contribution < 1.29 is 19.7 Å². The lowest BCUT2D eigenvalue weighted by atomic mass is 9.73. The molecule has 4 heteroatoms. The summed E-state index contributed by atoms with van der Waals surface area (Å²) in [5, 5.41) is 20.1. The monoisotopic (exact) mass is 462 g/mol. The summed E-state index contributed by atoms with van der Waals surface area (Å²) in [6.45, 7) is 14.1. The Morgan fingerprint density at radius 2 is 1.03 bits per heavy atom. The first-order valence-corrected chi connectivity index (χ1v) is 12.1. The lowest BCUT2D eigenvalue weighted by Gasteiger charge is -2.32. The van der Waals surface area contributed by atoms with E-state index in [1.165, 1.54) is 0 Å². The summed E-state index contributed by atoms with van der Waals surface area (Å²) in [6.07, 6.45) is 1.79. The number of benzene rings is 3. The third-order valence-corrected chi connectivity index (χ3v) is 6.51. The Morgan fingerprint density at radius 1 is 0.618 bits per heavy atom. The predicted octanol–water partition coefficient (Wildman–Crippen LogP) is 7.33. The van der Waals surface area contributed by atoms with Gasteiger partial charge in [-0.25, -0.2) is 0 Å². The molecule has 0 atom stereocenters. The van der Waals surface area contributed by atoms with Gasteiger partial charge < -0.3 is 19.7 Å². The SMILES string of the molecule is CCCOc1cc(O)ccc1C(C)(C)c1cccc(C(C)(C)c2ccc(O)cc2OCCC)c1. The average molecular weight is 463 g/mol. The number of phenolic OH excluding ortho intramolecular Hbond substituents is 2. The molecule has 3 aromatic rings. The van der Waals surface area contributed by atoms with Gasteiger partial charge >= 0.3 is 0 Å². The van der Waals surface area contributed by atoms with Crippen LogP contribution in [0.15, 0.2) is 60.7 Å². The molecule has 0 aliphatic carbocycles. The molecule has 2 N–H and O–H groups in total. The van der Waals surface area contributed by atoms with E-state index in [1.807, 2.05) is 12.1 Å². The van der Waals surface area contributed by atoms with Crippen molar-refractivity contribution in [2.45, 2.75) is 65.2 Å². The minimum absolute atomic E-state index is 0.201. The molecule has 0 spiro atoms. The lowest BCUT2D eigenvalue weighted by Crippen LogP contribution is -2.24. The first-order valence-electron chi connectivity index (χ1n) is 12.1. The molecule has 0 aromatic heterocycles. The van der Waals surface area contributed by atoms with Gasteiger partial charge in [0.1, 0.15) is 23.0 Å². The van der Waals surface area contributed by atoms with Gasteiger partial charge in [-0.15, -0.1) is 0 Å². The summed E-state index contributed by atoms with van der Waals surface area (Å²) in [5.41, 5.74) is 3.68.